The molecule has 0 atom stereocenters. The summed E-state index contributed by atoms with van der Waals surface area (Å²) >= 11 is 0. The van der Waals surface area contributed by atoms with E-state index in [2.05, 4.69) is 13.7 Å². The first-order valence-corrected chi connectivity index (χ1v) is 2.58. The van der Waals surface area contributed by atoms with Crippen LogP contribution in [0.3, 0.4) is 0 Å². The van der Waals surface area contributed by atoms with Crippen molar-refractivity contribution in [1.29, 1.82) is 0 Å². The Morgan fingerprint density at radius 3 is 2.55 bits per heavy atom. The largest absolute Gasteiger partial charge is 1.00 e. The monoisotopic (exact) mass is 184 g/mol. The van der Waals surface area contributed by atoms with Crippen molar-refractivity contribution in [2.24, 2.45) is 0 Å². The van der Waals surface area contributed by atoms with E-state index in [1.165, 1.54) is 6.92 Å². The SMILES string of the molecule is Cc1oc(=O)oc1CO[O-].[K+]. The van der Waals surface area contributed by atoms with Crippen molar-refractivity contribution in [3.8, 4) is 0 Å². The van der Waals surface area contributed by atoms with Crippen molar-refractivity contribution in [1.82, 2.24) is 0 Å². The van der Waals surface area contributed by atoms with Crippen LogP contribution in [0.15, 0.2) is 13.6 Å². The van der Waals surface area contributed by atoms with E-state index in [-0.39, 0.29) is 69.5 Å². The summed E-state index contributed by atoms with van der Waals surface area (Å²) in [5.74, 6) is -0.398. The van der Waals surface area contributed by atoms with Gasteiger partial charge in [0.05, 0.1) is 6.61 Å². The third kappa shape index (κ3) is 3.20. The molecule has 0 spiro atoms. The minimum absolute atomic E-state index is 0. The third-order valence-corrected chi connectivity index (χ3v) is 1.03. The van der Waals surface area contributed by atoms with E-state index in [0.717, 1.165) is 0 Å². The Hall–Kier alpha value is 0.566. The zero-order valence-electron chi connectivity index (χ0n) is 6.25. The maximum absolute atomic E-state index is 10.3. The molecule has 1 heterocycles. The summed E-state index contributed by atoms with van der Waals surface area (Å²) in [4.78, 5) is 13.8. The maximum Gasteiger partial charge on any atom is 1.00 e. The maximum atomic E-state index is 10.3. The predicted octanol–water partition coefficient (Wildman–Crippen LogP) is -3.66. The fourth-order valence-electron chi connectivity index (χ4n) is 0.560. The standard InChI is InChI=1S/C5H6O5.K/c1-3-4(2-8-7)10-5(6)9-3;/h7H,2H2,1H3;/q;+1/p-1. The van der Waals surface area contributed by atoms with Crippen LogP contribution in [0.5, 0.6) is 0 Å². The molecule has 0 aliphatic carbocycles. The summed E-state index contributed by atoms with van der Waals surface area (Å²) in [6, 6.07) is 0. The fraction of sp³-hybridized carbons (Fsp3) is 0.400. The molecule has 0 aliphatic rings. The van der Waals surface area contributed by atoms with Crippen molar-refractivity contribution < 1.29 is 70.4 Å². The van der Waals surface area contributed by atoms with Crippen molar-refractivity contribution >= 4 is 0 Å². The van der Waals surface area contributed by atoms with E-state index in [1.807, 2.05) is 0 Å². The topological polar surface area (TPSA) is 75.6 Å². The zero-order valence-corrected chi connectivity index (χ0v) is 9.37. The number of hydrogen-bond donors (Lipinski definition) is 0. The molecule has 0 saturated carbocycles. The van der Waals surface area contributed by atoms with Crippen LogP contribution >= 0.6 is 0 Å². The minimum atomic E-state index is -0.815. The van der Waals surface area contributed by atoms with Gasteiger partial charge in [0.25, 0.3) is 0 Å². The van der Waals surface area contributed by atoms with Crippen LogP contribution in [0, 0.1) is 6.92 Å². The second-order valence-corrected chi connectivity index (χ2v) is 1.70. The molecule has 0 amide bonds. The predicted molar refractivity (Wildman–Crippen MR) is 26.8 cm³/mol. The second kappa shape index (κ2) is 5.25. The van der Waals surface area contributed by atoms with E-state index < -0.39 is 5.82 Å². The molecule has 0 bridgehead atoms. The van der Waals surface area contributed by atoms with E-state index in [0.29, 0.717) is 0 Å². The van der Waals surface area contributed by atoms with Gasteiger partial charge in [0.15, 0.2) is 5.76 Å². The van der Waals surface area contributed by atoms with Crippen LogP contribution in [-0.2, 0) is 11.5 Å². The van der Waals surface area contributed by atoms with E-state index in [9.17, 15) is 10.1 Å². The van der Waals surface area contributed by atoms with Gasteiger partial charge >= 0.3 is 57.2 Å². The molecule has 0 fully saturated rings. The summed E-state index contributed by atoms with van der Waals surface area (Å²) in [5.41, 5.74) is 0. The molecular formula is C5H5KO5. The Kier molecular flexibility index (Phi) is 5.52. The summed E-state index contributed by atoms with van der Waals surface area (Å²) in [5, 5.41) is 9.56. The van der Waals surface area contributed by atoms with E-state index >= 15 is 0 Å². The quantitative estimate of drug-likeness (QED) is 0.269. The van der Waals surface area contributed by atoms with Crippen LogP contribution in [0.1, 0.15) is 11.5 Å². The molecule has 0 unspecified atom stereocenters. The van der Waals surface area contributed by atoms with Gasteiger partial charge in [0.2, 0.25) is 0 Å². The van der Waals surface area contributed by atoms with Crippen LogP contribution in [0.25, 0.3) is 0 Å². The Morgan fingerprint density at radius 1 is 1.55 bits per heavy atom. The average molecular weight is 184 g/mol. The van der Waals surface area contributed by atoms with E-state index in [4.69, 9.17) is 0 Å². The molecule has 11 heavy (non-hydrogen) atoms. The molecule has 56 valence electrons. The van der Waals surface area contributed by atoms with Gasteiger partial charge in [-0.3, -0.25) is 0 Å². The van der Waals surface area contributed by atoms with E-state index in [1.54, 1.807) is 0 Å². The molecule has 6 heteroatoms. The molecular weight excluding hydrogens is 179 g/mol. The molecule has 1 rings (SSSR count). The van der Waals surface area contributed by atoms with Gasteiger partial charge < -0.3 is 19.0 Å². The Bertz CT molecular complexity index is 262. The van der Waals surface area contributed by atoms with Crippen molar-refractivity contribution in [2.75, 3.05) is 0 Å². The van der Waals surface area contributed by atoms with Gasteiger partial charge in [-0.15, -0.1) is 0 Å². The van der Waals surface area contributed by atoms with Gasteiger partial charge in [-0.05, 0) is 6.92 Å². The second-order valence-electron chi connectivity index (χ2n) is 1.70. The third-order valence-electron chi connectivity index (χ3n) is 1.03. The number of hydrogen-bond acceptors (Lipinski definition) is 5. The first kappa shape index (κ1) is 11.6. The summed E-state index contributed by atoms with van der Waals surface area (Å²) in [6.45, 7) is 1.23. The molecule has 0 N–H and O–H groups in total. The van der Waals surface area contributed by atoms with Gasteiger partial charge in [0, 0.05) is 0 Å². The summed E-state index contributed by atoms with van der Waals surface area (Å²) in [7, 11) is 0. The Morgan fingerprint density at radius 2 is 2.18 bits per heavy atom. The summed E-state index contributed by atoms with van der Waals surface area (Å²) in [6.07, 6.45) is 0. The first-order valence-electron chi connectivity index (χ1n) is 2.58. The minimum Gasteiger partial charge on any atom is -0.723 e. The van der Waals surface area contributed by atoms with Crippen molar-refractivity contribution in [3.63, 3.8) is 0 Å². The zero-order chi connectivity index (χ0) is 7.56. The molecule has 5 nitrogen and oxygen atoms in total. The normalized spacial score (nSPS) is 9.27. The van der Waals surface area contributed by atoms with Crippen LogP contribution in [0.2, 0.25) is 0 Å². The van der Waals surface area contributed by atoms with Crippen LogP contribution in [-0.4, -0.2) is 0 Å². The number of aryl methyl sites for hydroxylation is 1. The average Bonchev–Trinajstić information content (AvgIpc) is 2.13. The van der Waals surface area contributed by atoms with Gasteiger partial charge in [0.1, 0.15) is 5.76 Å². The van der Waals surface area contributed by atoms with Crippen molar-refractivity contribution in [3.05, 3.63) is 22.1 Å². The van der Waals surface area contributed by atoms with Gasteiger partial charge in [-0.25, -0.2) is 4.79 Å². The molecule has 0 saturated heterocycles. The van der Waals surface area contributed by atoms with Crippen LogP contribution < -0.4 is 62.5 Å². The number of rotatable bonds is 2. The fourth-order valence-corrected chi connectivity index (χ4v) is 0.560. The van der Waals surface area contributed by atoms with Gasteiger partial charge in [-0.1, -0.05) is 0 Å². The van der Waals surface area contributed by atoms with Crippen molar-refractivity contribution in [2.45, 2.75) is 13.5 Å². The molecule has 1 aromatic rings. The first-order chi connectivity index (χ1) is 4.74. The van der Waals surface area contributed by atoms with Gasteiger partial charge in [-0.2, -0.15) is 0 Å². The Labute approximate surface area is 105 Å². The Balaban J connectivity index is 0.000001000. The summed E-state index contributed by atoms with van der Waals surface area (Å²) < 4.78 is 8.83. The van der Waals surface area contributed by atoms with Crippen LogP contribution in [0.4, 0.5) is 0 Å². The molecule has 0 aromatic carbocycles. The molecule has 0 radical (unpaired) electrons. The smallest absolute Gasteiger partial charge is 0.723 e. The molecule has 0 aliphatic heterocycles. The molecule has 1 aromatic heterocycles.